The summed E-state index contributed by atoms with van der Waals surface area (Å²) in [7, 11) is 0. The highest BCUT2D eigenvalue weighted by Crippen LogP contribution is 2.62. The standard InChI is InChI=1S/C17H17N3/c18-20-19-17-14-10-6-5-9-13-11-7-3-1-2-4-8-12(11)15(13)16(14)17/h1-17H/b2-1-,7-3-,8-4-,9-5-,10-6-/t11-,12+,13-,14?,15+,16?,17-/m1/s1. The van der Waals surface area contributed by atoms with Crippen molar-refractivity contribution >= 4 is 0 Å². The molecular formula is C17H17N3. The summed E-state index contributed by atoms with van der Waals surface area (Å²) >= 11 is 0. The molecule has 2 unspecified atom stereocenters. The van der Waals surface area contributed by atoms with Gasteiger partial charge in [-0.1, -0.05) is 65.9 Å². The number of hydrogen-bond acceptors (Lipinski definition) is 1. The van der Waals surface area contributed by atoms with Crippen molar-refractivity contribution in [2.24, 2.45) is 40.6 Å². The maximum atomic E-state index is 8.73. The molecule has 7 atom stereocenters. The van der Waals surface area contributed by atoms with E-state index < -0.39 is 0 Å². The van der Waals surface area contributed by atoms with Crippen molar-refractivity contribution in [3.05, 3.63) is 71.2 Å². The zero-order chi connectivity index (χ0) is 13.5. The van der Waals surface area contributed by atoms with Gasteiger partial charge in [0.25, 0.3) is 0 Å². The molecule has 0 aromatic heterocycles. The molecule has 0 saturated heterocycles. The Morgan fingerprint density at radius 1 is 0.650 bits per heavy atom. The third kappa shape index (κ3) is 1.63. The number of nitrogens with zero attached hydrogens (tertiary/aromatic N) is 3. The van der Waals surface area contributed by atoms with Crippen LogP contribution in [0.25, 0.3) is 10.4 Å². The highest BCUT2D eigenvalue weighted by atomic mass is 15.2. The summed E-state index contributed by atoms with van der Waals surface area (Å²) in [5.41, 5.74) is 8.73. The Balaban J connectivity index is 1.69. The Bertz CT molecular complexity index is 604. The number of rotatable bonds is 1. The molecule has 3 nitrogen and oxygen atoms in total. The minimum atomic E-state index is 0.169. The maximum absolute atomic E-state index is 8.73. The highest BCUT2D eigenvalue weighted by molar-refractivity contribution is 5.32. The van der Waals surface area contributed by atoms with Crippen molar-refractivity contribution in [3.8, 4) is 0 Å². The summed E-state index contributed by atoms with van der Waals surface area (Å²) in [6, 6.07) is 0.169. The molecule has 0 radical (unpaired) electrons. The normalized spacial score (nSPS) is 54.5. The zero-order valence-electron chi connectivity index (χ0n) is 11.2. The van der Waals surface area contributed by atoms with Crippen LogP contribution in [0.5, 0.6) is 0 Å². The second-order valence-electron chi connectivity index (χ2n) is 6.08. The van der Waals surface area contributed by atoms with Gasteiger partial charge in [-0.05, 0) is 41.0 Å². The first kappa shape index (κ1) is 11.8. The van der Waals surface area contributed by atoms with Gasteiger partial charge in [0.1, 0.15) is 0 Å². The van der Waals surface area contributed by atoms with Crippen LogP contribution in [0, 0.1) is 35.5 Å². The molecule has 0 spiro atoms. The Hall–Kier alpha value is -1.99. The van der Waals surface area contributed by atoms with E-state index in [1.54, 1.807) is 0 Å². The lowest BCUT2D eigenvalue weighted by Crippen LogP contribution is -2.46. The first-order valence-electron chi connectivity index (χ1n) is 7.32. The zero-order valence-corrected chi connectivity index (χ0v) is 11.2. The molecule has 0 aromatic rings. The lowest BCUT2D eigenvalue weighted by atomic mass is 9.54. The molecule has 0 bridgehead atoms. The van der Waals surface area contributed by atoms with Crippen molar-refractivity contribution < 1.29 is 0 Å². The molecule has 0 amide bonds. The predicted molar refractivity (Wildman–Crippen MR) is 79.6 cm³/mol. The van der Waals surface area contributed by atoms with E-state index >= 15 is 0 Å². The molecule has 4 rings (SSSR count). The topological polar surface area (TPSA) is 48.8 Å². The molecule has 0 aliphatic heterocycles. The Morgan fingerprint density at radius 3 is 1.85 bits per heavy atom. The van der Waals surface area contributed by atoms with E-state index in [1.165, 1.54) is 0 Å². The Morgan fingerprint density at radius 2 is 1.20 bits per heavy atom. The van der Waals surface area contributed by atoms with Crippen LogP contribution >= 0.6 is 0 Å². The van der Waals surface area contributed by atoms with E-state index in [9.17, 15) is 0 Å². The Kier molecular flexibility index (Phi) is 2.68. The van der Waals surface area contributed by atoms with Crippen LogP contribution in [0.15, 0.2) is 65.9 Å². The summed E-state index contributed by atoms with van der Waals surface area (Å²) in [6.07, 6.45) is 22.0. The summed E-state index contributed by atoms with van der Waals surface area (Å²) in [4.78, 5) is 3.03. The first-order valence-corrected chi connectivity index (χ1v) is 7.32. The van der Waals surface area contributed by atoms with Gasteiger partial charge in [-0.15, -0.1) is 0 Å². The third-order valence-corrected chi connectivity index (χ3v) is 5.28. The molecule has 4 aliphatic carbocycles. The molecule has 20 heavy (non-hydrogen) atoms. The average Bonchev–Trinajstić information content (AvgIpc) is 3.04. The van der Waals surface area contributed by atoms with E-state index in [4.69, 9.17) is 5.53 Å². The van der Waals surface area contributed by atoms with Gasteiger partial charge >= 0.3 is 0 Å². The SMILES string of the molecule is [N-]=[N+]=N[C@@H]1C2/C=C\C=C/[C@@H]3[C@@H]4\C=C/C=C\C=C/[C@@H]4[C@@H]3C21. The molecule has 0 N–H and O–H groups in total. The number of azide groups is 1. The predicted octanol–water partition coefficient (Wildman–Crippen LogP) is 4.20. The van der Waals surface area contributed by atoms with Crippen LogP contribution in [0.3, 0.4) is 0 Å². The van der Waals surface area contributed by atoms with Gasteiger partial charge in [0, 0.05) is 11.0 Å². The van der Waals surface area contributed by atoms with E-state index in [1.807, 2.05) is 0 Å². The van der Waals surface area contributed by atoms with Crippen LogP contribution in [0.1, 0.15) is 0 Å². The molecule has 4 aliphatic rings. The average molecular weight is 263 g/mol. The largest absolute Gasteiger partial charge is 0.0897 e. The third-order valence-electron chi connectivity index (χ3n) is 5.28. The fraction of sp³-hybridized carbons (Fsp3) is 0.412. The van der Waals surface area contributed by atoms with Crippen molar-refractivity contribution in [2.75, 3.05) is 0 Å². The fourth-order valence-electron chi connectivity index (χ4n) is 4.34. The van der Waals surface area contributed by atoms with Crippen molar-refractivity contribution in [1.29, 1.82) is 0 Å². The van der Waals surface area contributed by atoms with Crippen LogP contribution in [-0.4, -0.2) is 6.04 Å². The molecular weight excluding hydrogens is 246 g/mol. The van der Waals surface area contributed by atoms with Crippen molar-refractivity contribution in [1.82, 2.24) is 0 Å². The molecule has 2 saturated carbocycles. The maximum Gasteiger partial charge on any atom is 0.0476 e. The van der Waals surface area contributed by atoms with Crippen LogP contribution in [0.2, 0.25) is 0 Å². The minimum Gasteiger partial charge on any atom is -0.0897 e. The van der Waals surface area contributed by atoms with Crippen molar-refractivity contribution in [3.63, 3.8) is 0 Å². The lowest BCUT2D eigenvalue weighted by Gasteiger charge is -2.50. The molecule has 3 heteroatoms. The lowest BCUT2D eigenvalue weighted by molar-refractivity contribution is 0.0569. The van der Waals surface area contributed by atoms with Gasteiger partial charge in [0.15, 0.2) is 0 Å². The van der Waals surface area contributed by atoms with Crippen LogP contribution in [-0.2, 0) is 0 Å². The fourth-order valence-corrected chi connectivity index (χ4v) is 4.34. The molecule has 0 aromatic carbocycles. The van der Waals surface area contributed by atoms with Gasteiger partial charge in [-0.25, -0.2) is 0 Å². The van der Waals surface area contributed by atoms with Gasteiger partial charge in [-0.3, -0.25) is 0 Å². The van der Waals surface area contributed by atoms with E-state index in [-0.39, 0.29) is 6.04 Å². The molecule has 0 heterocycles. The highest BCUT2D eigenvalue weighted by Gasteiger charge is 2.61. The number of fused-ring (bicyclic) bond motifs is 6. The smallest absolute Gasteiger partial charge is 0.0476 e. The second kappa shape index (κ2) is 4.53. The number of allylic oxidation sites excluding steroid dienone is 9. The van der Waals surface area contributed by atoms with Crippen LogP contribution in [0.4, 0.5) is 0 Å². The minimum absolute atomic E-state index is 0.169. The monoisotopic (exact) mass is 263 g/mol. The van der Waals surface area contributed by atoms with Gasteiger partial charge < -0.3 is 0 Å². The quantitative estimate of drug-likeness (QED) is 0.387. The summed E-state index contributed by atoms with van der Waals surface area (Å²) in [5.74, 6) is 3.36. The van der Waals surface area contributed by atoms with Crippen LogP contribution < -0.4 is 0 Å². The second-order valence-corrected chi connectivity index (χ2v) is 6.08. The van der Waals surface area contributed by atoms with Gasteiger partial charge in [0.05, 0.1) is 0 Å². The van der Waals surface area contributed by atoms with E-state index in [0.29, 0.717) is 35.5 Å². The van der Waals surface area contributed by atoms with Gasteiger partial charge in [-0.2, -0.15) is 0 Å². The summed E-state index contributed by atoms with van der Waals surface area (Å²) < 4.78 is 0. The van der Waals surface area contributed by atoms with Crippen molar-refractivity contribution in [2.45, 2.75) is 6.04 Å². The molecule has 100 valence electrons. The van der Waals surface area contributed by atoms with E-state index in [0.717, 1.165) is 0 Å². The summed E-state index contributed by atoms with van der Waals surface area (Å²) in [5, 5.41) is 4.01. The summed E-state index contributed by atoms with van der Waals surface area (Å²) in [6.45, 7) is 0. The first-order chi connectivity index (χ1) is 9.92. The number of hydrogen-bond donors (Lipinski definition) is 0. The Labute approximate surface area is 118 Å². The van der Waals surface area contributed by atoms with Gasteiger partial charge in [0.2, 0.25) is 0 Å². The molecule has 2 fully saturated rings. The van der Waals surface area contributed by atoms with E-state index in [2.05, 4.69) is 70.8 Å².